The van der Waals surface area contributed by atoms with Gasteiger partial charge in [0.2, 0.25) is 0 Å². The molecule has 1 aromatic carbocycles. The lowest BCUT2D eigenvalue weighted by Gasteiger charge is -2.03. The molecule has 1 aliphatic carbocycles. The number of fused-ring (bicyclic) bond motifs is 1. The molecule has 0 radical (unpaired) electrons. The van der Waals surface area contributed by atoms with Crippen LogP contribution in [0.1, 0.15) is 17.5 Å². The first-order chi connectivity index (χ1) is 7.08. The summed E-state index contributed by atoms with van der Waals surface area (Å²) < 4.78 is 0. The molecule has 2 rings (SSSR count). The van der Waals surface area contributed by atoms with Gasteiger partial charge in [0.15, 0.2) is 0 Å². The first-order valence-corrected chi connectivity index (χ1v) is 5.25. The van der Waals surface area contributed by atoms with E-state index >= 15 is 0 Å². The van der Waals surface area contributed by atoms with E-state index in [1.165, 1.54) is 6.08 Å². The number of halogens is 2. The van der Waals surface area contributed by atoms with Crippen LogP contribution in [0.2, 0.25) is 10.0 Å². The highest BCUT2D eigenvalue weighted by Gasteiger charge is 2.20. The van der Waals surface area contributed by atoms with Crippen LogP contribution < -0.4 is 0 Å². The van der Waals surface area contributed by atoms with Crippen LogP contribution in [-0.2, 0) is 11.2 Å². The summed E-state index contributed by atoms with van der Waals surface area (Å²) in [5, 5.41) is 9.85. The number of carboxylic acid groups (broad SMARTS) is 1. The third kappa shape index (κ3) is 2.01. The van der Waals surface area contributed by atoms with E-state index in [4.69, 9.17) is 28.3 Å². The molecule has 4 heteroatoms. The number of carbonyl (C=O) groups is 1. The van der Waals surface area contributed by atoms with Crippen LogP contribution in [0.3, 0.4) is 0 Å². The Kier molecular flexibility index (Phi) is 2.72. The fraction of sp³-hybridized carbons (Fsp3) is 0.182. The Bertz CT molecular complexity index is 464. The highest BCUT2D eigenvalue weighted by Crippen LogP contribution is 2.38. The highest BCUT2D eigenvalue weighted by atomic mass is 35.5. The van der Waals surface area contributed by atoms with Crippen molar-refractivity contribution in [2.75, 3.05) is 0 Å². The molecule has 0 saturated heterocycles. The second kappa shape index (κ2) is 3.87. The number of benzene rings is 1. The van der Waals surface area contributed by atoms with Crippen LogP contribution in [0.15, 0.2) is 18.2 Å². The van der Waals surface area contributed by atoms with E-state index in [1.807, 2.05) is 0 Å². The zero-order valence-electron chi connectivity index (χ0n) is 7.76. The summed E-state index contributed by atoms with van der Waals surface area (Å²) in [4.78, 5) is 10.6. The highest BCUT2D eigenvalue weighted by molar-refractivity contribution is 6.35. The summed E-state index contributed by atoms with van der Waals surface area (Å²) >= 11 is 11.9. The average molecular weight is 243 g/mol. The molecule has 1 aliphatic rings. The number of carboxylic acids is 1. The normalized spacial score (nSPS) is 16.8. The minimum atomic E-state index is -0.936. The fourth-order valence-corrected chi connectivity index (χ4v) is 2.43. The number of hydrogen-bond donors (Lipinski definition) is 1. The van der Waals surface area contributed by atoms with Crippen molar-refractivity contribution < 1.29 is 9.90 Å². The summed E-state index contributed by atoms with van der Waals surface area (Å²) in [6.45, 7) is 0. The maximum Gasteiger partial charge on any atom is 0.328 e. The monoisotopic (exact) mass is 242 g/mol. The third-order valence-corrected chi connectivity index (χ3v) is 3.00. The molecule has 0 saturated carbocycles. The van der Waals surface area contributed by atoms with Gasteiger partial charge in [0.1, 0.15) is 0 Å². The number of allylic oxidation sites excluding steroid dienone is 1. The van der Waals surface area contributed by atoms with Gasteiger partial charge in [-0.25, -0.2) is 4.79 Å². The van der Waals surface area contributed by atoms with Crippen molar-refractivity contribution in [3.8, 4) is 0 Å². The van der Waals surface area contributed by atoms with Crippen LogP contribution in [-0.4, -0.2) is 11.1 Å². The number of rotatable bonds is 1. The van der Waals surface area contributed by atoms with E-state index < -0.39 is 5.97 Å². The minimum Gasteiger partial charge on any atom is -0.478 e. The molecule has 0 atom stereocenters. The number of aliphatic carboxylic acids is 1. The molecule has 1 N–H and O–H groups in total. The van der Waals surface area contributed by atoms with Gasteiger partial charge in [-0.05, 0) is 41.7 Å². The molecular weight excluding hydrogens is 235 g/mol. The van der Waals surface area contributed by atoms with E-state index in [2.05, 4.69) is 0 Å². The van der Waals surface area contributed by atoms with Crippen LogP contribution in [0.25, 0.3) is 5.57 Å². The van der Waals surface area contributed by atoms with Crippen molar-refractivity contribution in [2.24, 2.45) is 0 Å². The smallest absolute Gasteiger partial charge is 0.328 e. The summed E-state index contributed by atoms with van der Waals surface area (Å²) in [6.07, 6.45) is 2.71. The molecule has 0 aromatic heterocycles. The fourth-order valence-electron chi connectivity index (χ4n) is 1.84. The molecule has 0 amide bonds. The second-order valence-electron chi connectivity index (χ2n) is 3.42. The molecule has 15 heavy (non-hydrogen) atoms. The van der Waals surface area contributed by atoms with Gasteiger partial charge < -0.3 is 5.11 Å². The maximum absolute atomic E-state index is 10.6. The third-order valence-electron chi connectivity index (χ3n) is 2.45. The summed E-state index contributed by atoms with van der Waals surface area (Å²) in [6, 6.07) is 3.45. The molecule has 0 spiro atoms. The zero-order chi connectivity index (χ0) is 11.0. The van der Waals surface area contributed by atoms with Gasteiger partial charge in [-0.15, -0.1) is 0 Å². The van der Waals surface area contributed by atoms with Crippen LogP contribution >= 0.6 is 23.2 Å². The molecule has 0 fully saturated rings. The van der Waals surface area contributed by atoms with Crippen LogP contribution in [0.4, 0.5) is 0 Å². The van der Waals surface area contributed by atoms with Gasteiger partial charge >= 0.3 is 5.97 Å². The van der Waals surface area contributed by atoms with E-state index in [-0.39, 0.29) is 0 Å². The Morgan fingerprint density at radius 2 is 2.07 bits per heavy atom. The Morgan fingerprint density at radius 1 is 1.33 bits per heavy atom. The predicted molar refractivity (Wildman–Crippen MR) is 60.4 cm³/mol. The SMILES string of the molecule is O=C(O)C=C1CCc2c(Cl)cc(Cl)cc21. The molecular formula is C11H8Cl2O2. The van der Waals surface area contributed by atoms with E-state index in [0.717, 1.165) is 23.1 Å². The summed E-state index contributed by atoms with van der Waals surface area (Å²) in [5.74, 6) is -0.936. The largest absolute Gasteiger partial charge is 0.478 e. The lowest BCUT2D eigenvalue weighted by Crippen LogP contribution is -1.90. The zero-order valence-corrected chi connectivity index (χ0v) is 9.27. The topological polar surface area (TPSA) is 37.3 Å². The van der Waals surface area contributed by atoms with Gasteiger partial charge in [-0.3, -0.25) is 0 Å². The lowest BCUT2D eigenvalue weighted by atomic mass is 10.1. The maximum atomic E-state index is 10.6. The number of hydrogen-bond acceptors (Lipinski definition) is 1. The van der Waals surface area contributed by atoms with Gasteiger partial charge in [0.05, 0.1) is 0 Å². The van der Waals surface area contributed by atoms with Gasteiger partial charge in [-0.2, -0.15) is 0 Å². The molecule has 1 aromatic rings. The van der Waals surface area contributed by atoms with E-state index in [0.29, 0.717) is 16.5 Å². The minimum absolute atomic E-state index is 0.539. The van der Waals surface area contributed by atoms with Crippen molar-refractivity contribution in [3.05, 3.63) is 39.4 Å². The Labute approximate surface area is 97.1 Å². The van der Waals surface area contributed by atoms with E-state index in [1.54, 1.807) is 12.1 Å². The average Bonchev–Trinajstić information content (AvgIpc) is 2.48. The standard InChI is InChI=1S/C11H8Cl2O2/c12-7-4-9-6(3-11(14)15)1-2-8(9)10(13)5-7/h3-5H,1-2H2,(H,14,15). The lowest BCUT2D eigenvalue weighted by molar-refractivity contribution is -0.131. The van der Waals surface area contributed by atoms with Crippen LogP contribution in [0, 0.1) is 0 Å². The van der Waals surface area contributed by atoms with Crippen molar-refractivity contribution >= 4 is 34.7 Å². The van der Waals surface area contributed by atoms with Crippen molar-refractivity contribution in [3.63, 3.8) is 0 Å². The van der Waals surface area contributed by atoms with Crippen molar-refractivity contribution in [2.45, 2.75) is 12.8 Å². The van der Waals surface area contributed by atoms with E-state index in [9.17, 15) is 4.79 Å². The summed E-state index contributed by atoms with van der Waals surface area (Å²) in [5.41, 5.74) is 2.66. The van der Waals surface area contributed by atoms with Gasteiger partial charge in [0.25, 0.3) is 0 Å². The van der Waals surface area contributed by atoms with Gasteiger partial charge in [0, 0.05) is 16.1 Å². The van der Waals surface area contributed by atoms with Crippen molar-refractivity contribution in [1.29, 1.82) is 0 Å². The Morgan fingerprint density at radius 3 is 2.73 bits per heavy atom. The molecule has 2 nitrogen and oxygen atoms in total. The van der Waals surface area contributed by atoms with Crippen molar-refractivity contribution in [1.82, 2.24) is 0 Å². The Balaban J connectivity index is 2.55. The second-order valence-corrected chi connectivity index (χ2v) is 4.27. The first-order valence-electron chi connectivity index (χ1n) is 4.49. The van der Waals surface area contributed by atoms with Crippen LogP contribution in [0.5, 0.6) is 0 Å². The molecule has 0 unspecified atom stereocenters. The first kappa shape index (κ1) is 10.5. The summed E-state index contributed by atoms with van der Waals surface area (Å²) in [7, 11) is 0. The predicted octanol–water partition coefficient (Wildman–Crippen LogP) is 3.41. The molecule has 0 heterocycles. The Hall–Kier alpha value is -0.990. The molecule has 78 valence electrons. The van der Waals surface area contributed by atoms with Gasteiger partial charge in [-0.1, -0.05) is 23.2 Å². The molecule has 0 aliphatic heterocycles. The quantitative estimate of drug-likeness (QED) is 0.767. The molecule has 0 bridgehead atoms.